The molecule has 0 aromatic heterocycles. The fourth-order valence-corrected chi connectivity index (χ4v) is 7.23. The molecule has 5 rings (SSSR count). The first kappa shape index (κ1) is 14.7. The topological polar surface area (TPSA) is 83.8 Å². The predicted octanol–water partition coefficient (Wildman–Crippen LogP) is 2.06. The molecule has 3 saturated carbocycles. The van der Waals surface area contributed by atoms with Crippen LogP contribution in [0.2, 0.25) is 0 Å². The number of carboxylic acids is 1. The number of aliphatic carboxylic acids is 1. The summed E-state index contributed by atoms with van der Waals surface area (Å²) >= 11 is 0. The minimum atomic E-state index is -0.952. The van der Waals surface area contributed by atoms with Gasteiger partial charge in [0.2, 0.25) is 0 Å². The smallest absolute Gasteiger partial charge is 0.316 e. The molecular weight excluding hydrogens is 308 g/mol. The van der Waals surface area contributed by atoms with Crippen LogP contribution in [0.25, 0.3) is 0 Å². The fraction of sp³-hybridized carbons (Fsp3) is 0.684. The number of hydrogen-bond acceptors (Lipinski definition) is 4. The molecule has 4 aliphatic carbocycles. The highest BCUT2D eigenvalue weighted by Crippen LogP contribution is 2.77. The Morgan fingerprint density at radius 3 is 2.92 bits per heavy atom. The summed E-state index contributed by atoms with van der Waals surface area (Å²) in [5.41, 5.74) is -2.35. The number of aliphatic hydroxyl groups is 1. The Bertz CT molecular complexity index is 740. The molecule has 0 radical (unpaired) electrons. The van der Waals surface area contributed by atoms with Gasteiger partial charge in [-0.25, -0.2) is 0 Å². The molecule has 24 heavy (non-hydrogen) atoms. The van der Waals surface area contributed by atoms with Gasteiger partial charge in [0.25, 0.3) is 0 Å². The van der Waals surface area contributed by atoms with Gasteiger partial charge in [-0.15, -0.1) is 0 Å². The molecule has 0 amide bonds. The highest BCUT2D eigenvalue weighted by Gasteiger charge is 2.82. The number of rotatable bonds is 1. The number of carbonyl (C=O) groups is 2. The molecule has 128 valence electrons. The molecule has 1 saturated heterocycles. The molecule has 4 bridgehead atoms. The maximum atomic E-state index is 12.6. The van der Waals surface area contributed by atoms with Gasteiger partial charge in [0.1, 0.15) is 5.60 Å². The number of carbonyl (C=O) groups excluding carboxylic acids is 1. The van der Waals surface area contributed by atoms with Gasteiger partial charge >= 0.3 is 11.9 Å². The fourth-order valence-electron chi connectivity index (χ4n) is 7.23. The van der Waals surface area contributed by atoms with E-state index in [4.69, 9.17) is 4.74 Å². The Morgan fingerprint density at radius 2 is 2.21 bits per heavy atom. The van der Waals surface area contributed by atoms with Gasteiger partial charge in [0.15, 0.2) is 0 Å². The van der Waals surface area contributed by atoms with Crippen molar-refractivity contribution in [3.8, 4) is 0 Å². The van der Waals surface area contributed by atoms with Crippen molar-refractivity contribution in [3.05, 3.63) is 24.3 Å². The first-order valence-electron chi connectivity index (χ1n) is 8.74. The average molecular weight is 330 g/mol. The van der Waals surface area contributed by atoms with E-state index >= 15 is 0 Å². The number of fused-ring (bicyclic) bond motifs is 1. The zero-order valence-electron chi connectivity index (χ0n) is 13.7. The van der Waals surface area contributed by atoms with Crippen molar-refractivity contribution < 1.29 is 24.5 Å². The van der Waals surface area contributed by atoms with E-state index in [1.165, 1.54) is 0 Å². The molecule has 4 fully saturated rings. The van der Waals surface area contributed by atoms with Gasteiger partial charge in [-0.1, -0.05) is 18.7 Å². The summed E-state index contributed by atoms with van der Waals surface area (Å²) in [6, 6.07) is 0. The van der Waals surface area contributed by atoms with Crippen LogP contribution in [0.3, 0.4) is 0 Å². The van der Waals surface area contributed by atoms with Gasteiger partial charge in [-0.05, 0) is 43.6 Å². The molecular formula is C19H22O5. The zero-order chi connectivity index (χ0) is 17.1. The summed E-state index contributed by atoms with van der Waals surface area (Å²) in [5, 5.41) is 21.1. The van der Waals surface area contributed by atoms with Crippen LogP contribution in [0.4, 0.5) is 0 Å². The van der Waals surface area contributed by atoms with Crippen molar-refractivity contribution in [1.29, 1.82) is 0 Å². The van der Waals surface area contributed by atoms with Gasteiger partial charge in [-0.2, -0.15) is 0 Å². The minimum Gasteiger partial charge on any atom is -0.481 e. The summed E-state index contributed by atoms with van der Waals surface area (Å²) in [5.74, 6) is -2.23. The molecule has 0 aromatic carbocycles. The van der Waals surface area contributed by atoms with Gasteiger partial charge in [-0.3, -0.25) is 9.59 Å². The molecule has 1 aliphatic heterocycles. The van der Waals surface area contributed by atoms with Gasteiger partial charge in [0.05, 0.1) is 16.9 Å². The SMILES string of the molecule is C=C1C[C@]23C[C@@]1(O)CCC2[C@@]12CC=C[C@](C)(C(=O)O1)C2C3C(=O)O. The standard InChI is InChI=1S/C19H22O5/c1-10-8-17-9-18(10,23)7-4-11(17)19-6-3-5-16(2,15(22)24-19)13(19)12(17)14(20)21/h3,5,11-13,23H,1,4,6-9H2,2H3,(H,20,21)/t11?,12?,13?,16-,17-,18-,19+/m0/s1. The Labute approximate surface area is 140 Å². The van der Waals surface area contributed by atoms with Crippen LogP contribution in [-0.2, 0) is 14.3 Å². The lowest BCUT2D eigenvalue weighted by molar-refractivity contribution is -0.162. The lowest BCUT2D eigenvalue weighted by Gasteiger charge is -2.45. The van der Waals surface area contributed by atoms with Crippen LogP contribution < -0.4 is 0 Å². The lowest BCUT2D eigenvalue weighted by atomic mass is 9.62. The van der Waals surface area contributed by atoms with E-state index in [1.54, 1.807) is 0 Å². The number of ether oxygens (including phenoxy) is 1. The van der Waals surface area contributed by atoms with E-state index in [2.05, 4.69) is 6.58 Å². The van der Waals surface area contributed by atoms with Crippen molar-refractivity contribution in [3.63, 3.8) is 0 Å². The second-order valence-electron chi connectivity index (χ2n) is 8.84. The maximum Gasteiger partial charge on any atom is 0.316 e. The highest BCUT2D eigenvalue weighted by atomic mass is 16.6. The predicted molar refractivity (Wildman–Crippen MR) is 83.8 cm³/mol. The van der Waals surface area contributed by atoms with Crippen molar-refractivity contribution in [2.24, 2.45) is 28.6 Å². The highest BCUT2D eigenvalue weighted by molar-refractivity contribution is 5.86. The first-order chi connectivity index (χ1) is 11.2. The molecule has 3 unspecified atom stereocenters. The summed E-state index contributed by atoms with van der Waals surface area (Å²) in [4.78, 5) is 25.0. The third kappa shape index (κ3) is 1.25. The first-order valence-corrected chi connectivity index (χ1v) is 8.74. The zero-order valence-corrected chi connectivity index (χ0v) is 13.7. The van der Waals surface area contributed by atoms with Gasteiger partial charge < -0.3 is 14.9 Å². The Kier molecular flexibility index (Phi) is 2.32. The maximum absolute atomic E-state index is 12.6. The van der Waals surface area contributed by atoms with Crippen molar-refractivity contribution >= 4 is 11.9 Å². The molecule has 5 aliphatic rings. The van der Waals surface area contributed by atoms with Crippen LogP contribution in [0.1, 0.15) is 39.0 Å². The molecule has 2 N–H and O–H groups in total. The normalized spacial score (nSPS) is 56.8. The molecule has 5 heteroatoms. The Balaban J connectivity index is 1.77. The Hall–Kier alpha value is -1.62. The molecule has 7 atom stereocenters. The van der Waals surface area contributed by atoms with E-state index in [9.17, 15) is 19.8 Å². The number of hydrogen-bond donors (Lipinski definition) is 2. The van der Waals surface area contributed by atoms with Crippen molar-refractivity contribution in [2.45, 2.75) is 50.2 Å². The van der Waals surface area contributed by atoms with Gasteiger partial charge in [0, 0.05) is 18.3 Å². The number of carboxylic acid groups (broad SMARTS) is 1. The Morgan fingerprint density at radius 1 is 1.46 bits per heavy atom. The molecule has 1 heterocycles. The van der Waals surface area contributed by atoms with E-state index in [-0.39, 0.29) is 17.8 Å². The largest absolute Gasteiger partial charge is 0.481 e. The monoisotopic (exact) mass is 330 g/mol. The van der Waals surface area contributed by atoms with E-state index in [0.717, 1.165) is 5.57 Å². The quantitative estimate of drug-likeness (QED) is 0.568. The summed E-state index contributed by atoms with van der Waals surface area (Å²) in [6.07, 6.45) is 6.66. The summed E-state index contributed by atoms with van der Waals surface area (Å²) in [6.45, 7) is 5.88. The van der Waals surface area contributed by atoms with E-state index < -0.39 is 33.9 Å². The average Bonchev–Trinajstić information content (AvgIpc) is 2.88. The van der Waals surface area contributed by atoms with Crippen LogP contribution in [0.5, 0.6) is 0 Å². The lowest BCUT2D eigenvalue weighted by Crippen LogP contribution is -2.47. The second kappa shape index (κ2) is 3.79. The molecule has 5 nitrogen and oxygen atoms in total. The van der Waals surface area contributed by atoms with Crippen molar-refractivity contribution in [2.75, 3.05) is 0 Å². The third-order valence-electron chi connectivity index (χ3n) is 7.97. The number of esters is 1. The van der Waals surface area contributed by atoms with E-state index in [1.807, 2.05) is 19.1 Å². The van der Waals surface area contributed by atoms with Crippen LogP contribution in [0, 0.1) is 28.6 Å². The summed E-state index contributed by atoms with van der Waals surface area (Å²) in [7, 11) is 0. The van der Waals surface area contributed by atoms with Crippen LogP contribution in [-0.4, -0.2) is 33.4 Å². The second-order valence-corrected chi connectivity index (χ2v) is 8.84. The molecule has 0 aromatic rings. The van der Waals surface area contributed by atoms with Crippen molar-refractivity contribution in [1.82, 2.24) is 0 Å². The van der Waals surface area contributed by atoms with E-state index in [0.29, 0.717) is 32.1 Å². The van der Waals surface area contributed by atoms with Crippen LogP contribution in [0.15, 0.2) is 24.3 Å². The van der Waals surface area contributed by atoms with Crippen LogP contribution >= 0.6 is 0 Å². The minimum absolute atomic E-state index is 0.0219. The summed E-state index contributed by atoms with van der Waals surface area (Å²) < 4.78 is 5.99. The molecule has 1 spiro atoms. The third-order valence-corrected chi connectivity index (χ3v) is 7.97.